The van der Waals surface area contributed by atoms with Gasteiger partial charge in [0.15, 0.2) is 23.8 Å². The maximum absolute atomic E-state index is 15.2. The number of ether oxygens (including phenoxy) is 4. The van der Waals surface area contributed by atoms with Crippen LogP contribution in [0.1, 0.15) is 156 Å². The molecule has 2 saturated carbocycles. The van der Waals surface area contributed by atoms with Crippen molar-refractivity contribution in [2.75, 3.05) is 6.61 Å². The summed E-state index contributed by atoms with van der Waals surface area (Å²) in [5.74, 6) is 1.48. The third kappa shape index (κ3) is 8.27. The van der Waals surface area contributed by atoms with Gasteiger partial charge in [-0.15, -0.1) is 0 Å². The number of benzene rings is 2. The van der Waals surface area contributed by atoms with Crippen LogP contribution in [-0.4, -0.2) is 54.2 Å². The quantitative estimate of drug-likeness (QED) is 0.141. The predicted molar refractivity (Wildman–Crippen MR) is 242 cm³/mol. The molecule has 10 fully saturated rings. The van der Waals surface area contributed by atoms with E-state index in [1.54, 1.807) is 0 Å². The van der Waals surface area contributed by atoms with E-state index in [0.29, 0.717) is 48.0 Å². The second-order valence-corrected chi connectivity index (χ2v) is 24.1. The number of phosphoric ester groups is 1. The van der Waals surface area contributed by atoms with Crippen LogP contribution < -0.4 is 9.05 Å². The lowest BCUT2D eigenvalue weighted by Gasteiger charge is -2.61. The van der Waals surface area contributed by atoms with Crippen molar-refractivity contribution >= 4 is 7.82 Å². The van der Waals surface area contributed by atoms with Crippen LogP contribution in [0.15, 0.2) is 48.5 Å². The second kappa shape index (κ2) is 17.4. The molecular weight excluding hydrogens is 848 g/mol. The molecule has 0 radical (unpaired) electrons. The first-order valence-corrected chi connectivity index (χ1v) is 26.6. The third-order valence-corrected chi connectivity index (χ3v) is 19.1. The summed E-state index contributed by atoms with van der Waals surface area (Å²) in [7, 11) is -4.28. The summed E-state index contributed by atoms with van der Waals surface area (Å²) in [6.07, 6.45) is 7.25. The van der Waals surface area contributed by atoms with Crippen LogP contribution in [-0.2, 0) is 47.6 Å². The lowest BCUT2D eigenvalue weighted by Crippen LogP contribution is -2.70. The third-order valence-electron chi connectivity index (χ3n) is 17.7. The monoisotopic (exact) mass is 922 g/mol. The molecule has 2 aliphatic carbocycles. The molecule has 0 unspecified atom stereocenters. The van der Waals surface area contributed by atoms with E-state index in [0.717, 1.165) is 62.5 Å². The van der Waals surface area contributed by atoms with Gasteiger partial charge in [0.05, 0.1) is 18.8 Å². The van der Waals surface area contributed by atoms with Crippen molar-refractivity contribution in [1.82, 2.24) is 0 Å². The summed E-state index contributed by atoms with van der Waals surface area (Å²) in [5, 5.41) is 0. The Hall–Kier alpha value is -2.09. The minimum Gasteiger partial charge on any atom is -0.395 e. The molecule has 8 saturated heterocycles. The Morgan fingerprint density at radius 2 is 1.00 bits per heavy atom. The molecule has 360 valence electrons. The van der Waals surface area contributed by atoms with Crippen LogP contribution >= 0.6 is 7.82 Å². The molecule has 2 spiro atoms. The summed E-state index contributed by atoms with van der Waals surface area (Å²) in [6, 6.07) is 15.3. The van der Waals surface area contributed by atoms with Crippen LogP contribution in [0.2, 0.25) is 0 Å². The van der Waals surface area contributed by atoms with Crippen LogP contribution in [0.4, 0.5) is 0 Å². The van der Waals surface area contributed by atoms with Gasteiger partial charge in [-0.25, -0.2) is 24.1 Å². The number of hydrogen-bond donors (Lipinski definition) is 0. The van der Waals surface area contributed by atoms with Crippen molar-refractivity contribution in [2.24, 2.45) is 53.3 Å². The van der Waals surface area contributed by atoms with Gasteiger partial charge in [-0.1, -0.05) is 79.7 Å². The highest BCUT2D eigenvalue weighted by Crippen LogP contribution is 2.63. The van der Waals surface area contributed by atoms with Crippen molar-refractivity contribution < 1.29 is 56.6 Å². The Kier molecular flexibility index (Phi) is 12.5. The highest BCUT2D eigenvalue weighted by atomic mass is 31.2. The zero-order valence-corrected chi connectivity index (χ0v) is 41.3. The minimum atomic E-state index is -4.28. The highest BCUT2D eigenvalue weighted by Gasteiger charge is 2.71. The van der Waals surface area contributed by atoms with Gasteiger partial charge in [0.1, 0.15) is 11.5 Å². The average molecular weight is 923 g/mol. The van der Waals surface area contributed by atoms with E-state index in [9.17, 15) is 0 Å². The number of rotatable bonds is 13. The molecule has 12 rings (SSSR count). The standard InChI is InChI=1S/C52H75O12P/c1-30(2)37-13-17-39(18-14-37)59-65(53,60-40-19-15-38(16-20-40)31(3)4)54-29-36(27-45-34(7)43-21-11-32(5)41-23-25-49(9)57-47(55-45)51(41,43)63-61-49)28-46-35(8)44-22-12-33(6)42-24-26-50(10)58-48(56-46)52(42,44)64-62-50/h13-20,30-36,41-48H,11-12,21-29H2,1-10H3/t32-,33-,34-,35-,41+,42+,43+,44+,45-,46-,47-,48-,49-,50-,51-,52-/m1/s1. The molecule has 10 aliphatic rings. The molecule has 0 amide bonds. The second-order valence-electron chi connectivity index (χ2n) is 22.6. The first-order valence-electron chi connectivity index (χ1n) is 25.2. The first kappa shape index (κ1) is 46.6. The maximum Gasteiger partial charge on any atom is 0.587 e. The molecule has 12 nitrogen and oxygen atoms in total. The van der Waals surface area contributed by atoms with Gasteiger partial charge in [0.2, 0.25) is 11.6 Å². The van der Waals surface area contributed by atoms with Crippen molar-refractivity contribution in [3.8, 4) is 11.5 Å². The molecular formula is C52H75O12P. The summed E-state index contributed by atoms with van der Waals surface area (Å²) >= 11 is 0. The number of phosphoric acid groups is 1. The minimum absolute atomic E-state index is 0.0707. The average Bonchev–Trinajstić information content (AvgIpc) is 3.65. The molecule has 2 aromatic carbocycles. The van der Waals surface area contributed by atoms with E-state index in [1.165, 1.54) is 0 Å². The van der Waals surface area contributed by atoms with Gasteiger partial charge in [-0.05, 0) is 154 Å². The molecule has 8 heterocycles. The Labute approximate surface area is 387 Å². The fourth-order valence-corrected chi connectivity index (χ4v) is 15.0. The van der Waals surface area contributed by atoms with Gasteiger partial charge >= 0.3 is 7.82 Å². The van der Waals surface area contributed by atoms with E-state index in [-0.39, 0.29) is 60.2 Å². The molecule has 0 aromatic heterocycles. The Morgan fingerprint density at radius 3 is 1.40 bits per heavy atom. The summed E-state index contributed by atoms with van der Waals surface area (Å²) in [5.41, 5.74) is 0.941. The molecule has 4 bridgehead atoms. The van der Waals surface area contributed by atoms with Gasteiger partial charge in [0, 0.05) is 24.7 Å². The molecule has 2 aromatic rings. The molecule has 8 aliphatic heterocycles. The van der Waals surface area contributed by atoms with Crippen LogP contribution in [0, 0.1) is 53.3 Å². The van der Waals surface area contributed by atoms with Crippen molar-refractivity contribution in [2.45, 2.75) is 193 Å². The van der Waals surface area contributed by atoms with Crippen molar-refractivity contribution in [1.29, 1.82) is 0 Å². The summed E-state index contributed by atoms with van der Waals surface area (Å²) < 4.78 is 62.5. The zero-order chi connectivity index (χ0) is 45.7. The Bertz CT molecular complexity index is 1910. The van der Waals surface area contributed by atoms with E-state index in [2.05, 4.69) is 55.4 Å². The van der Waals surface area contributed by atoms with Gasteiger partial charge < -0.3 is 28.0 Å². The smallest absolute Gasteiger partial charge is 0.395 e. The first-order chi connectivity index (χ1) is 30.9. The molecule has 65 heavy (non-hydrogen) atoms. The highest BCUT2D eigenvalue weighted by molar-refractivity contribution is 7.49. The zero-order valence-electron chi connectivity index (χ0n) is 40.4. The van der Waals surface area contributed by atoms with Gasteiger partial charge in [-0.3, -0.25) is 4.52 Å². The van der Waals surface area contributed by atoms with E-state index in [4.69, 9.17) is 52.1 Å². The Balaban J connectivity index is 0.968. The number of fused-ring (bicyclic) bond motifs is 4. The largest absolute Gasteiger partial charge is 0.587 e. The maximum atomic E-state index is 15.2. The van der Waals surface area contributed by atoms with Gasteiger partial charge in [0.25, 0.3) is 0 Å². The van der Waals surface area contributed by atoms with E-state index in [1.807, 2.05) is 62.4 Å². The number of hydrogen-bond acceptors (Lipinski definition) is 12. The molecule has 16 atom stereocenters. The predicted octanol–water partition coefficient (Wildman–Crippen LogP) is 12.4. The van der Waals surface area contributed by atoms with Crippen LogP contribution in [0.25, 0.3) is 0 Å². The lowest BCUT2D eigenvalue weighted by molar-refractivity contribution is -0.571. The van der Waals surface area contributed by atoms with E-state index >= 15 is 4.57 Å². The summed E-state index contributed by atoms with van der Waals surface area (Å²) in [6.45, 7) is 21.9. The summed E-state index contributed by atoms with van der Waals surface area (Å²) in [4.78, 5) is 25.4. The molecule has 13 heteroatoms. The molecule has 0 N–H and O–H groups in total. The van der Waals surface area contributed by atoms with Crippen molar-refractivity contribution in [3.05, 3.63) is 59.7 Å². The van der Waals surface area contributed by atoms with E-state index < -0.39 is 43.2 Å². The normalized spacial score (nSPS) is 43.2. The van der Waals surface area contributed by atoms with Crippen LogP contribution in [0.5, 0.6) is 11.5 Å². The van der Waals surface area contributed by atoms with Crippen LogP contribution in [0.3, 0.4) is 0 Å². The fraction of sp³-hybridized carbons (Fsp3) is 0.769. The fourth-order valence-electron chi connectivity index (χ4n) is 13.7. The van der Waals surface area contributed by atoms with Gasteiger partial charge in [-0.2, -0.15) is 0 Å². The topological polar surface area (TPSA) is 119 Å². The van der Waals surface area contributed by atoms with Crippen molar-refractivity contribution in [3.63, 3.8) is 0 Å². The lowest BCUT2D eigenvalue weighted by atomic mass is 9.56. The SMILES string of the molecule is CC(C)c1ccc(OP(=O)(OCC(C[C@H]2O[C@@H]3O[C@@]4(C)CC[C@H]5[C@H](C)CC[C@@H]([C@H]2C)[C@@]35OO4)C[C@H]2O[C@@H]3O[C@@]4(C)CC[C@H]5[C@H](C)CC[C@@H]([C@H]2C)[C@@]35OO4)Oc2ccc(C(C)C)cc2)cc1. The Morgan fingerprint density at radius 1 is 0.585 bits per heavy atom.